The Morgan fingerprint density at radius 3 is 2.72 bits per heavy atom. The summed E-state index contributed by atoms with van der Waals surface area (Å²) in [5, 5.41) is 6.03. The second-order valence-corrected chi connectivity index (χ2v) is 6.00. The van der Waals surface area contributed by atoms with Crippen molar-refractivity contribution in [3.63, 3.8) is 0 Å². The van der Waals surface area contributed by atoms with E-state index in [0.29, 0.717) is 18.1 Å². The molecule has 1 aliphatic rings. The third-order valence-electron chi connectivity index (χ3n) is 4.01. The summed E-state index contributed by atoms with van der Waals surface area (Å²) >= 11 is 0. The molecule has 25 heavy (non-hydrogen) atoms. The van der Waals surface area contributed by atoms with Crippen LogP contribution in [0, 0.1) is 6.92 Å². The zero-order valence-electron chi connectivity index (χ0n) is 14.4. The summed E-state index contributed by atoms with van der Waals surface area (Å²) in [7, 11) is 0. The molecule has 2 heterocycles. The Hall–Kier alpha value is -2.51. The lowest BCUT2D eigenvalue weighted by Gasteiger charge is -2.26. The van der Waals surface area contributed by atoms with Gasteiger partial charge in [0.2, 0.25) is 5.95 Å². The van der Waals surface area contributed by atoms with Crippen molar-refractivity contribution in [1.29, 1.82) is 0 Å². The molecule has 1 saturated heterocycles. The second kappa shape index (κ2) is 8.55. The second-order valence-electron chi connectivity index (χ2n) is 6.00. The zero-order chi connectivity index (χ0) is 17.5. The van der Waals surface area contributed by atoms with Crippen LogP contribution in [-0.4, -0.2) is 60.2 Å². The van der Waals surface area contributed by atoms with Gasteiger partial charge in [-0.3, -0.25) is 9.69 Å². The van der Waals surface area contributed by atoms with Gasteiger partial charge in [0.25, 0.3) is 5.91 Å². The third-order valence-corrected chi connectivity index (χ3v) is 4.01. The van der Waals surface area contributed by atoms with Crippen molar-refractivity contribution in [2.45, 2.75) is 6.92 Å². The first-order valence-electron chi connectivity index (χ1n) is 8.45. The number of benzene rings is 1. The molecule has 7 heteroatoms. The normalized spacial score (nSPS) is 14.9. The number of aromatic nitrogens is 2. The summed E-state index contributed by atoms with van der Waals surface area (Å²) in [6, 6.07) is 7.95. The van der Waals surface area contributed by atoms with E-state index in [1.807, 2.05) is 31.2 Å². The van der Waals surface area contributed by atoms with Gasteiger partial charge in [0.1, 0.15) is 0 Å². The zero-order valence-corrected chi connectivity index (χ0v) is 14.4. The summed E-state index contributed by atoms with van der Waals surface area (Å²) in [5.74, 6) is 0.311. The van der Waals surface area contributed by atoms with Crippen LogP contribution in [0.4, 0.5) is 11.6 Å². The number of ether oxygens (including phenoxy) is 1. The Morgan fingerprint density at radius 2 is 2.00 bits per heavy atom. The molecule has 132 valence electrons. The van der Waals surface area contributed by atoms with Gasteiger partial charge in [0.05, 0.1) is 18.8 Å². The van der Waals surface area contributed by atoms with Crippen LogP contribution < -0.4 is 10.6 Å². The minimum Gasteiger partial charge on any atom is -0.379 e. The number of nitrogens with one attached hydrogen (secondary N) is 2. The van der Waals surface area contributed by atoms with Gasteiger partial charge in [-0.2, -0.15) is 0 Å². The maximum absolute atomic E-state index is 12.1. The fourth-order valence-corrected chi connectivity index (χ4v) is 2.62. The molecule has 0 bridgehead atoms. The Morgan fingerprint density at radius 1 is 1.24 bits per heavy atom. The SMILES string of the molecule is Cc1cccc(Nc2ncc(C(=O)NCCN3CCOCC3)cn2)c1. The summed E-state index contributed by atoms with van der Waals surface area (Å²) in [6.07, 6.45) is 3.07. The van der Waals surface area contributed by atoms with Gasteiger partial charge >= 0.3 is 0 Å². The van der Waals surface area contributed by atoms with E-state index in [2.05, 4.69) is 25.5 Å². The third kappa shape index (κ3) is 5.23. The van der Waals surface area contributed by atoms with Crippen LogP contribution in [0.2, 0.25) is 0 Å². The molecule has 0 saturated carbocycles. The van der Waals surface area contributed by atoms with Crippen molar-refractivity contribution in [1.82, 2.24) is 20.2 Å². The van der Waals surface area contributed by atoms with Crippen molar-refractivity contribution in [3.8, 4) is 0 Å². The summed E-state index contributed by atoms with van der Waals surface area (Å²) in [4.78, 5) is 22.8. The van der Waals surface area contributed by atoms with Crippen molar-refractivity contribution in [2.75, 3.05) is 44.7 Å². The highest BCUT2D eigenvalue weighted by Gasteiger charge is 2.11. The molecule has 1 fully saturated rings. The van der Waals surface area contributed by atoms with Crippen LogP contribution in [-0.2, 0) is 4.74 Å². The number of aryl methyl sites for hydroxylation is 1. The van der Waals surface area contributed by atoms with E-state index < -0.39 is 0 Å². The van der Waals surface area contributed by atoms with Crippen molar-refractivity contribution < 1.29 is 9.53 Å². The van der Waals surface area contributed by atoms with E-state index in [0.717, 1.165) is 44.1 Å². The van der Waals surface area contributed by atoms with E-state index >= 15 is 0 Å². The maximum Gasteiger partial charge on any atom is 0.254 e. The Kier molecular flexibility index (Phi) is 5.92. The molecule has 1 amide bonds. The van der Waals surface area contributed by atoms with E-state index in [-0.39, 0.29) is 5.91 Å². The maximum atomic E-state index is 12.1. The number of anilines is 2. The Labute approximate surface area is 147 Å². The first-order valence-corrected chi connectivity index (χ1v) is 8.45. The fourth-order valence-electron chi connectivity index (χ4n) is 2.62. The van der Waals surface area contributed by atoms with Crippen LogP contribution >= 0.6 is 0 Å². The lowest BCUT2D eigenvalue weighted by Crippen LogP contribution is -2.41. The molecule has 1 aromatic heterocycles. The van der Waals surface area contributed by atoms with Crippen LogP contribution in [0.5, 0.6) is 0 Å². The number of hydrogen-bond donors (Lipinski definition) is 2. The molecule has 0 spiro atoms. The van der Waals surface area contributed by atoms with Gasteiger partial charge in [0.15, 0.2) is 0 Å². The first-order chi connectivity index (χ1) is 12.2. The Balaban J connectivity index is 1.48. The summed E-state index contributed by atoms with van der Waals surface area (Å²) in [6.45, 7) is 6.80. The lowest BCUT2D eigenvalue weighted by molar-refractivity contribution is 0.0383. The van der Waals surface area contributed by atoms with Crippen LogP contribution in [0.1, 0.15) is 15.9 Å². The number of carbonyl (C=O) groups excluding carboxylic acids is 1. The number of morpholine rings is 1. The van der Waals surface area contributed by atoms with Gasteiger partial charge in [0, 0.05) is 44.3 Å². The number of rotatable bonds is 6. The van der Waals surface area contributed by atoms with Crippen molar-refractivity contribution in [2.24, 2.45) is 0 Å². The molecule has 2 aromatic rings. The number of nitrogens with zero attached hydrogens (tertiary/aromatic N) is 3. The van der Waals surface area contributed by atoms with E-state index in [1.165, 1.54) is 12.4 Å². The van der Waals surface area contributed by atoms with Crippen molar-refractivity contribution >= 4 is 17.5 Å². The molecule has 0 unspecified atom stereocenters. The smallest absolute Gasteiger partial charge is 0.254 e. The molecule has 0 atom stereocenters. The van der Waals surface area contributed by atoms with Crippen molar-refractivity contribution in [3.05, 3.63) is 47.8 Å². The predicted molar refractivity (Wildman–Crippen MR) is 96.1 cm³/mol. The molecule has 3 rings (SSSR count). The van der Waals surface area contributed by atoms with E-state index in [1.54, 1.807) is 0 Å². The number of amides is 1. The average Bonchev–Trinajstić information content (AvgIpc) is 2.63. The van der Waals surface area contributed by atoms with Gasteiger partial charge < -0.3 is 15.4 Å². The first kappa shape index (κ1) is 17.3. The topological polar surface area (TPSA) is 79.4 Å². The molecule has 1 aromatic carbocycles. The van der Waals surface area contributed by atoms with Gasteiger partial charge in [-0.15, -0.1) is 0 Å². The molecular weight excluding hydrogens is 318 g/mol. The fraction of sp³-hybridized carbons (Fsp3) is 0.389. The van der Waals surface area contributed by atoms with Crippen LogP contribution in [0.25, 0.3) is 0 Å². The number of hydrogen-bond acceptors (Lipinski definition) is 6. The molecular formula is C18H23N5O2. The Bertz CT molecular complexity index is 699. The molecule has 7 nitrogen and oxygen atoms in total. The highest BCUT2D eigenvalue weighted by molar-refractivity contribution is 5.93. The molecule has 1 aliphatic heterocycles. The van der Waals surface area contributed by atoms with Gasteiger partial charge in [-0.1, -0.05) is 12.1 Å². The summed E-state index contributed by atoms with van der Waals surface area (Å²) < 4.78 is 5.31. The minimum absolute atomic E-state index is 0.157. The van der Waals surface area contributed by atoms with E-state index in [4.69, 9.17) is 4.74 Å². The van der Waals surface area contributed by atoms with Crippen LogP contribution in [0.3, 0.4) is 0 Å². The molecule has 0 aliphatic carbocycles. The predicted octanol–water partition coefficient (Wildman–Crippen LogP) is 1.59. The number of carbonyl (C=O) groups is 1. The van der Waals surface area contributed by atoms with E-state index in [9.17, 15) is 4.79 Å². The summed E-state index contributed by atoms with van der Waals surface area (Å²) in [5.41, 5.74) is 2.53. The monoisotopic (exact) mass is 341 g/mol. The van der Waals surface area contributed by atoms with Gasteiger partial charge in [-0.25, -0.2) is 9.97 Å². The minimum atomic E-state index is -0.157. The quantitative estimate of drug-likeness (QED) is 0.831. The standard InChI is InChI=1S/C18H23N5O2/c1-14-3-2-4-16(11-14)22-18-20-12-15(13-21-18)17(24)19-5-6-23-7-9-25-10-8-23/h2-4,11-13H,5-10H2,1H3,(H,19,24)(H,20,21,22). The van der Waals surface area contributed by atoms with Crippen LogP contribution in [0.15, 0.2) is 36.7 Å². The van der Waals surface area contributed by atoms with Gasteiger partial charge in [-0.05, 0) is 24.6 Å². The highest BCUT2D eigenvalue weighted by atomic mass is 16.5. The molecule has 0 radical (unpaired) electrons. The molecule has 2 N–H and O–H groups in total. The largest absolute Gasteiger partial charge is 0.379 e. The lowest BCUT2D eigenvalue weighted by atomic mass is 10.2. The average molecular weight is 341 g/mol. The highest BCUT2D eigenvalue weighted by Crippen LogP contribution is 2.13.